The van der Waals surface area contributed by atoms with Crippen LogP contribution in [0.1, 0.15) is 72.3 Å². The molecule has 44 heavy (non-hydrogen) atoms. The van der Waals surface area contributed by atoms with Crippen molar-refractivity contribution >= 4 is 31.7 Å². The molecule has 2 amide bonds. The van der Waals surface area contributed by atoms with Crippen LogP contribution in [0.4, 0.5) is 0 Å². The average molecular weight is 657 g/mol. The predicted octanol–water partition coefficient (Wildman–Crippen LogP) is 1.61. The highest BCUT2D eigenvalue weighted by atomic mass is 32.2. The predicted molar refractivity (Wildman–Crippen MR) is 172 cm³/mol. The Bertz CT molecular complexity index is 1360. The summed E-state index contributed by atoms with van der Waals surface area (Å²) in [5.74, 6) is -0.104. The number of β-amino-alcohol motifs (C(OH)–C–C–N with tert-alkyl or cyclic N) is 1. The first kappa shape index (κ1) is 36.4. The zero-order valence-electron chi connectivity index (χ0n) is 27.2. The Hall–Kier alpha value is -2.06. The standard InChI is InChI=1S/C31H52N4O7S2/c1-30(2,3)33-28(37)25-18-22-15-11-12-16-23(22)19-35(25)20-26(36)24(17-21-13-9-8-10-14-21)32-29(38)27(34-44(7,41)42)31(4,5)43(6,39)40/h8-10,13-14,22-27,34,36H,11-12,15-20H2,1-7H3,(H,32,38)(H,33,37)/t22?,23?,24-,25-,26+,27+/m0/s1. The van der Waals surface area contributed by atoms with Gasteiger partial charge in [0.1, 0.15) is 6.04 Å². The summed E-state index contributed by atoms with van der Waals surface area (Å²) in [5.41, 5.74) is 0.391. The van der Waals surface area contributed by atoms with Crippen molar-refractivity contribution < 1.29 is 31.5 Å². The lowest BCUT2D eigenvalue weighted by molar-refractivity contribution is -0.133. The molecule has 11 nitrogen and oxygen atoms in total. The lowest BCUT2D eigenvalue weighted by Crippen LogP contribution is -2.64. The SMILES string of the molecule is CC(C)(C)NC(=O)[C@@H]1CC2CCCCC2CN1C[C@@H](O)[C@H](Cc1ccccc1)NC(=O)[C@@H](NS(C)(=O)=O)C(C)(C)S(C)(=O)=O. The Balaban J connectivity index is 1.93. The number of amides is 2. The first-order valence-corrected chi connectivity index (χ1v) is 19.2. The number of hydrogen-bond acceptors (Lipinski definition) is 8. The van der Waals surface area contributed by atoms with Crippen molar-refractivity contribution in [2.24, 2.45) is 11.8 Å². The van der Waals surface area contributed by atoms with Crippen molar-refractivity contribution in [2.45, 2.75) is 108 Å². The summed E-state index contributed by atoms with van der Waals surface area (Å²) < 4.78 is 50.2. The molecule has 2 unspecified atom stereocenters. The van der Waals surface area contributed by atoms with Crippen molar-refractivity contribution in [3.63, 3.8) is 0 Å². The number of nitrogens with zero attached hydrogens (tertiary/aromatic N) is 1. The molecule has 1 aromatic carbocycles. The monoisotopic (exact) mass is 656 g/mol. The summed E-state index contributed by atoms with van der Waals surface area (Å²) in [6.45, 7) is 9.13. The number of benzene rings is 1. The third kappa shape index (κ3) is 9.97. The zero-order valence-corrected chi connectivity index (χ0v) is 28.8. The van der Waals surface area contributed by atoms with Crippen LogP contribution >= 0.6 is 0 Å². The van der Waals surface area contributed by atoms with E-state index in [0.717, 1.165) is 43.8 Å². The quantitative estimate of drug-likeness (QED) is 0.264. The fourth-order valence-corrected chi connectivity index (χ4v) is 7.85. The molecule has 2 aliphatic rings. The van der Waals surface area contributed by atoms with Gasteiger partial charge in [-0.25, -0.2) is 21.6 Å². The highest BCUT2D eigenvalue weighted by molar-refractivity contribution is 7.92. The van der Waals surface area contributed by atoms with E-state index in [0.29, 0.717) is 24.8 Å². The Morgan fingerprint density at radius 3 is 2.11 bits per heavy atom. The van der Waals surface area contributed by atoms with E-state index in [-0.39, 0.29) is 18.9 Å². The maximum atomic E-state index is 13.7. The summed E-state index contributed by atoms with van der Waals surface area (Å²) in [6, 6.07) is 6.23. The second-order valence-corrected chi connectivity index (χ2v) is 18.7. The average Bonchev–Trinajstić information content (AvgIpc) is 2.89. The molecule has 13 heteroatoms. The van der Waals surface area contributed by atoms with Crippen LogP contribution in [0.2, 0.25) is 0 Å². The van der Waals surface area contributed by atoms with Crippen LogP contribution in [0.25, 0.3) is 0 Å². The van der Waals surface area contributed by atoms with Gasteiger partial charge in [0, 0.05) is 24.9 Å². The fourth-order valence-electron chi connectivity index (χ4n) is 6.35. The molecular formula is C31H52N4O7S2. The van der Waals surface area contributed by atoms with Crippen molar-refractivity contribution in [3.8, 4) is 0 Å². The minimum absolute atomic E-state index is 0.0929. The molecule has 1 heterocycles. The van der Waals surface area contributed by atoms with Crippen LogP contribution in [0, 0.1) is 11.8 Å². The molecule has 2 fully saturated rings. The molecule has 1 saturated carbocycles. The number of sulfone groups is 1. The Labute approximate surface area is 263 Å². The number of aliphatic hydroxyl groups excluding tert-OH is 1. The maximum Gasteiger partial charge on any atom is 0.240 e. The van der Waals surface area contributed by atoms with Crippen LogP contribution in [0.5, 0.6) is 0 Å². The second-order valence-electron chi connectivity index (χ2n) is 14.3. The molecule has 0 bridgehead atoms. The van der Waals surface area contributed by atoms with Crippen molar-refractivity contribution in [1.29, 1.82) is 0 Å². The lowest BCUT2D eigenvalue weighted by Gasteiger charge is -2.47. The van der Waals surface area contributed by atoms with Crippen LogP contribution in [0.15, 0.2) is 30.3 Å². The summed E-state index contributed by atoms with van der Waals surface area (Å²) in [6.07, 6.45) is 5.99. The largest absolute Gasteiger partial charge is 0.390 e. The van der Waals surface area contributed by atoms with Crippen molar-refractivity contribution in [2.75, 3.05) is 25.6 Å². The molecular weight excluding hydrogens is 604 g/mol. The van der Waals surface area contributed by atoms with E-state index in [2.05, 4.69) is 15.4 Å². The molecule has 0 spiro atoms. The smallest absolute Gasteiger partial charge is 0.240 e. The summed E-state index contributed by atoms with van der Waals surface area (Å²) >= 11 is 0. The minimum Gasteiger partial charge on any atom is -0.390 e. The number of rotatable bonds is 12. The van der Waals surface area contributed by atoms with E-state index in [1.54, 1.807) is 0 Å². The number of piperidine rings is 1. The first-order valence-electron chi connectivity index (χ1n) is 15.4. The van der Waals surface area contributed by atoms with E-state index < -0.39 is 60.3 Å². The summed E-state index contributed by atoms with van der Waals surface area (Å²) in [4.78, 5) is 29.3. The molecule has 1 aliphatic carbocycles. The van der Waals surface area contributed by atoms with Gasteiger partial charge in [-0.05, 0) is 71.3 Å². The van der Waals surface area contributed by atoms with Crippen LogP contribution in [-0.4, -0.2) is 98.8 Å². The van der Waals surface area contributed by atoms with Crippen LogP contribution in [0.3, 0.4) is 0 Å². The van der Waals surface area contributed by atoms with E-state index in [4.69, 9.17) is 0 Å². The molecule has 4 N–H and O–H groups in total. The zero-order chi connectivity index (χ0) is 33.1. The third-order valence-electron chi connectivity index (χ3n) is 9.06. The molecule has 250 valence electrons. The van der Waals surface area contributed by atoms with Crippen LogP contribution in [-0.2, 0) is 35.9 Å². The Kier molecular flexibility index (Phi) is 11.7. The summed E-state index contributed by atoms with van der Waals surface area (Å²) in [5, 5.41) is 17.6. The molecule has 3 rings (SSSR count). The topological polar surface area (TPSA) is 162 Å². The van der Waals surface area contributed by atoms with Gasteiger partial charge in [0.25, 0.3) is 0 Å². The van der Waals surface area contributed by atoms with Gasteiger partial charge in [0.15, 0.2) is 9.84 Å². The lowest BCUT2D eigenvalue weighted by atomic mass is 9.72. The molecule has 0 aromatic heterocycles. The number of hydrogen-bond donors (Lipinski definition) is 4. The molecule has 1 aromatic rings. The number of carbonyl (C=O) groups is 2. The van der Waals surface area contributed by atoms with Gasteiger partial charge in [-0.15, -0.1) is 0 Å². The molecule has 1 aliphatic heterocycles. The third-order valence-corrected chi connectivity index (χ3v) is 11.9. The van der Waals surface area contributed by atoms with E-state index >= 15 is 0 Å². The van der Waals surface area contributed by atoms with Gasteiger partial charge in [0.05, 0.1) is 29.2 Å². The van der Waals surface area contributed by atoms with E-state index in [1.165, 1.54) is 13.8 Å². The van der Waals surface area contributed by atoms with Crippen molar-refractivity contribution in [3.05, 3.63) is 35.9 Å². The summed E-state index contributed by atoms with van der Waals surface area (Å²) in [7, 11) is -7.89. The van der Waals surface area contributed by atoms with Gasteiger partial charge < -0.3 is 15.7 Å². The van der Waals surface area contributed by atoms with Crippen LogP contribution < -0.4 is 15.4 Å². The van der Waals surface area contributed by atoms with Gasteiger partial charge in [0.2, 0.25) is 21.8 Å². The number of aliphatic hydroxyl groups is 1. The van der Waals surface area contributed by atoms with Gasteiger partial charge in [-0.1, -0.05) is 49.6 Å². The number of sulfonamides is 1. The fraction of sp³-hybridized carbons (Fsp3) is 0.742. The number of nitrogens with one attached hydrogen (secondary N) is 3. The maximum absolute atomic E-state index is 13.7. The number of fused-ring (bicyclic) bond motifs is 1. The molecule has 1 saturated heterocycles. The number of likely N-dealkylation sites (tertiary alicyclic amines) is 1. The van der Waals surface area contributed by atoms with Gasteiger partial charge in [-0.3, -0.25) is 14.5 Å². The van der Waals surface area contributed by atoms with Crippen molar-refractivity contribution in [1.82, 2.24) is 20.3 Å². The number of carbonyl (C=O) groups excluding carboxylic acids is 2. The Morgan fingerprint density at radius 2 is 1.57 bits per heavy atom. The van der Waals surface area contributed by atoms with E-state index in [9.17, 15) is 31.5 Å². The highest BCUT2D eigenvalue weighted by Gasteiger charge is 2.46. The normalized spacial score (nSPS) is 24.0. The molecule has 6 atom stereocenters. The second kappa shape index (κ2) is 14.1. The highest BCUT2D eigenvalue weighted by Crippen LogP contribution is 2.39. The van der Waals surface area contributed by atoms with E-state index in [1.807, 2.05) is 56.0 Å². The van der Waals surface area contributed by atoms with Gasteiger partial charge in [-0.2, -0.15) is 0 Å². The molecule has 0 radical (unpaired) electrons. The first-order chi connectivity index (χ1) is 20.2. The Morgan fingerprint density at radius 1 is 0.977 bits per heavy atom. The van der Waals surface area contributed by atoms with Gasteiger partial charge >= 0.3 is 0 Å². The minimum atomic E-state index is -3.98.